The number of piperidine rings is 1. The Morgan fingerprint density at radius 3 is 2.33 bits per heavy atom. The number of hydrogen-bond acceptors (Lipinski definition) is 1. The number of para-hydroxylation sites is 1. The van der Waals surface area contributed by atoms with E-state index >= 15 is 0 Å². The molecule has 21 heavy (non-hydrogen) atoms. The number of anilines is 1. The van der Waals surface area contributed by atoms with Crippen molar-refractivity contribution in [1.29, 1.82) is 0 Å². The van der Waals surface area contributed by atoms with Gasteiger partial charge in [-0.1, -0.05) is 26.0 Å². The smallest absolute Gasteiger partial charge is 0.324 e. The van der Waals surface area contributed by atoms with Gasteiger partial charge < -0.3 is 10.2 Å². The van der Waals surface area contributed by atoms with Crippen LogP contribution in [0.25, 0.3) is 0 Å². The molecule has 1 aromatic rings. The van der Waals surface area contributed by atoms with Crippen LogP contribution in [0.2, 0.25) is 0 Å². The Labute approximate surface area is 122 Å². The molecule has 6 heteroatoms. The van der Waals surface area contributed by atoms with E-state index in [1.54, 1.807) is 4.90 Å². The van der Waals surface area contributed by atoms with Crippen molar-refractivity contribution in [3.8, 4) is 0 Å². The second-order valence-corrected chi connectivity index (χ2v) is 5.82. The Hall–Kier alpha value is -1.72. The monoisotopic (exact) mass is 300 g/mol. The fourth-order valence-corrected chi connectivity index (χ4v) is 2.86. The van der Waals surface area contributed by atoms with Gasteiger partial charge in [0.15, 0.2) is 0 Å². The fourth-order valence-electron chi connectivity index (χ4n) is 2.86. The number of alkyl halides is 3. The van der Waals surface area contributed by atoms with Crippen LogP contribution in [0.1, 0.15) is 25.8 Å². The molecule has 0 bridgehead atoms. The minimum absolute atomic E-state index is 0.194. The number of rotatable bonds is 1. The highest BCUT2D eigenvalue weighted by Gasteiger charge is 2.34. The van der Waals surface area contributed by atoms with Crippen molar-refractivity contribution in [2.75, 3.05) is 18.4 Å². The number of urea groups is 1. The first-order valence-corrected chi connectivity index (χ1v) is 6.99. The molecule has 0 aliphatic carbocycles. The number of likely N-dealkylation sites (tertiary alicyclic amines) is 1. The number of amides is 2. The first-order chi connectivity index (χ1) is 9.77. The van der Waals surface area contributed by atoms with Crippen LogP contribution in [-0.2, 0) is 6.18 Å². The lowest BCUT2D eigenvalue weighted by Gasteiger charge is -2.35. The summed E-state index contributed by atoms with van der Waals surface area (Å²) in [6, 6.07) is 4.56. The van der Waals surface area contributed by atoms with E-state index < -0.39 is 17.8 Å². The molecule has 1 aliphatic rings. The lowest BCUT2D eigenvalue weighted by molar-refractivity contribution is -0.136. The summed E-state index contributed by atoms with van der Waals surface area (Å²) in [5.74, 6) is 0.717. The van der Waals surface area contributed by atoms with Gasteiger partial charge >= 0.3 is 12.2 Å². The van der Waals surface area contributed by atoms with Crippen LogP contribution in [-0.4, -0.2) is 24.0 Å². The van der Waals surface area contributed by atoms with Crippen LogP contribution < -0.4 is 5.32 Å². The third-order valence-electron chi connectivity index (χ3n) is 3.63. The molecule has 0 aromatic heterocycles. The van der Waals surface area contributed by atoms with Gasteiger partial charge in [0.1, 0.15) is 0 Å². The lowest BCUT2D eigenvalue weighted by Crippen LogP contribution is -2.44. The predicted molar refractivity (Wildman–Crippen MR) is 75.0 cm³/mol. The number of nitrogens with zero attached hydrogens (tertiary/aromatic N) is 1. The van der Waals surface area contributed by atoms with Crippen molar-refractivity contribution in [1.82, 2.24) is 4.90 Å². The number of halogens is 3. The largest absolute Gasteiger partial charge is 0.418 e. The summed E-state index contributed by atoms with van der Waals surface area (Å²) in [6.07, 6.45) is -3.45. The number of nitrogens with one attached hydrogen (secondary N) is 1. The lowest BCUT2D eigenvalue weighted by atomic mass is 9.92. The molecule has 1 aromatic carbocycles. The van der Waals surface area contributed by atoms with Crippen LogP contribution in [0.3, 0.4) is 0 Å². The average Bonchev–Trinajstić information content (AvgIpc) is 2.37. The molecule has 0 spiro atoms. The molecular weight excluding hydrogens is 281 g/mol. The van der Waals surface area contributed by atoms with Crippen molar-refractivity contribution in [2.45, 2.75) is 26.4 Å². The Morgan fingerprint density at radius 1 is 1.19 bits per heavy atom. The molecule has 1 fully saturated rings. The SMILES string of the molecule is C[C@@H]1C[C@H](C)CN(C(=O)Nc2ccccc2C(F)(F)F)C1. The third-order valence-corrected chi connectivity index (χ3v) is 3.63. The molecule has 2 rings (SSSR count). The molecule has 0 saturated carbocycles. The first kappa shape index (κ1) is 15.7. The highest BCUT2D eigenvalue weighted by molar-refractivity contribution is 5.90. The van der Waals surface area contributed by atoms with Crippen LogP contribution in [0.4, 0.5) is 23.7 Å². The van der Waals surface area contributed by atoms with E-state index in [0.717, 1.165) is 12.5 Å². The fraction of sp³-hybridized carbons (Fsp3) is 0.533. The number of carbonyl (C=O) groups excluding carboxylic acids is 1. The van der Waals surface area contributed by atoms with Crippen LogP contribution in [0, 0.1) is 11.8 Å². The Bertz CT molecular complexity index is 506. The Kier molecular flexibility index (Phi) is 4.44. The summed E-state index contributed by atoms with van der Waals surface area (Å²) < 4.78 is 38.7. The second kappa shape index (κ2) is 5.95. The molecule has 2 atom stereocenters. The Balaban J connectivity index is 2.13. The summed E-state index contributed by atoms with van der Waals surface area (Å²) in [4.78, 5) is 13.8. The van der Waals surface area contributed by atoms with E-state index in [-0.39, 0.29) is 5.69 Å². The van der Waals surface area contributed by atoms with Crippen molar-refractivity contribution in [3.63, 3.8) is 0 Å². The maximum absolute atomic E-state index is 12.9. The normalized spacial score (nSPS) is 23.0. The number of benzene rings is 1. The Morgan fingerprint density at radius 2 is 1.76 bits per heavy atom. The first-order valence-electron chi connectivity index (χ1n) is 6.99. The van der Waals surface area contributed by atoms with Gasteiger partial charge in [-0.15, -0.1) is 0 Å². The van der Waals surface area contributed by atoms with Gasteiger partial charge in [0, 0.05) is 13.1 Å². The second-order valence-electron chi connectivity index (χ2n) is 5.82. The van der Waals surface area contributed by atoms with Crippen molar-refractivity contribution in [3.05, 3.63) is 29.8 Å². The maximum Gasteiger partial charge on any atom is 0.418 e. The molecule has 116 valence electrons. The van der Waals surface area contributed by atoms with Gasteiger partial charge in [-0.2, -0.15) is 13.2 Å². The van der Waals surface area contributed by atoms with E-state index in [1.165, 1.54) is 18.2 Å². The zero-order valence-electron chi connectivity index (χ0n) is 12.1. The van der Waals surface area contributed by atoms with Gasteiger partial charge in [0.05, 0.1) is 11.3 Å². The zero-order chi connectivity index (χ0) is 15.6. The van der Waals surface area contributed by atoms with Crippen molar-refractivity contribution >= 4 is 11.7 Å². The predicted octanol–water partition coefficient (Wildman–Crippen LogP) is 4.22. The van der Waals surface area contributed by atoms with Gasteiger partial charge in [0.25, 0.3) is 0 Å². The molecule has 2 amide bonds. The summed E-state index contributed by atoms with van der Waals surface area (Å²) in [6.45, 7) is 5.23. The molecule has 0 unspecified atom stereocenters. The molecule has 1 heterocycles. The number of carbonyl (C=O) groups is 1. The molecule has 1 saturated heterocycles. The molecule has 3 nitrogen and oxygen atoms in total. The summed E-state index contributed by atoms with van der Waals surface area (Å²) in [5, 5.41) is 2.39. The molecule has 0 radical (unpaired) electrons. The molecular formula is C15H19F3N2O. The highest BCUT2D eigenvalue weighted by Crippen LogP contribution is 2.34. The summed E-state index contributed by atoms with van der Waals surface area (Å²) in [7, 11) is 0. The van der Waals surface area contributed by atoms with E-state index in [0.29, 0.717) is 24.9 Å². The molecule has 1 aliphatic heterocycles. The van der Waals surface area contributed by atoms with E-state index in [9.17, 15) is 18.0 Å². The minimum Gasteiger partial charge on any atom is -0.324 e. The quantitative estimate of drug-likeness (QED) is 0.827. The van der Waals surface area contributed by atoms with Gasteiger partial charge in [-0.05, 0) is 30.4 Å². The standard InChI is InChI=1S/C15H19F3N2O/c1-10-7-11(2)9-20(8-10)14(21)19-13-6-4-3-5-12(13)15(16,17)18/h3-6,10-11H,7-9H2,1-2H3,(H,19,21)/t10-,11+. The maximum atomic E-state index is 12.9. The van der Waals surface area contributed by atoms with E-state index in [4.69, 9.17) is 0 Å². The average molecular weight is 300 g/mol. The third kappa shape index (κ3) is 3.89. The van der Waals surface area contributed by atoms with Gasteiger partial charge in [-0.25, -0.2) is 4.79 Å². The van der Waals surface area contributed by atoms with Crippen LogP contribution in [0.5, 0.6) is 0 Å². The van der Waals surface area contributed by atoms with Crippen molar-refractivity contribution < 1.29 is 18.0 Å². The van der Waals surface area contributed by atoms with E-state index in [1.807, 2.05) is 13.8 Å². The van der Waals surface area contributed by atoms with Gasteiger partial charge in [0.2, 0.25) is 0 Å². The van der Waals surface area contributed by atoms with Crippen LogP contribution >= 0.6 is 0 Å². The van der Waals surface area contributed by atoms with Crippen LogP contribution in [0.15, 0.2) is 24.3 Å². The van der Waals surface area contributed by atoms with E-state index in [2.05, 4.69) is 5.32 Å². The zero-order valence-corrected chi connectivity index (χ0v) is 12.1. The van der Waals surface area contributed by atoms with Gasteiger partial charge in [-0.3, -0.25) is 0 Å². The summed E-state index contributed by atoms with van der Waals surface area (Å²) >= 11 is 0. The van der Waals surface area contributed by atoms with Crippen molar-refractivity contribution in [2.24, 2.45) is 11.8 Å². The highest BCUT2D eigenvalue weighted by atomic mass is 19.4. The summed E-state index contributed by atoms with van der Waals surface area (Å²) in [5.41, 5.74) is -1.02. The molecule has 1 N–H and O–H groups in total. The number of hydrogen-bond donors (Lipinski definition) is 1. The minimum atomic E-state index is -4.48. The topological polar surface area (TPSA) is 32.3 Å².